The van der Waals surface area contributed by atoms with Crippen molar-refractivity contribution < 1.29 is 4.79 Å². The molecule has 0 aromatic rings. The number of likely N-dealkylation sites (tertiary alicyclic amines) is 4. The van der Waals surface area contributed by atoms with Gasteiger partial charge in [0.2, 0.25) is 0 Å². The molecule has 5 saturated heterocycles. The van der Waals surface area contributed by atoms with E-state index in [2.05, 4.69) is 122 Å². The fourth-order valence-corrected chi connectivity index (χ4v) is 5.72. The minimum atomic E-state index is 0.289. The maximum absolute atomic E-state index is 10.0. The van der Waals surface area contributed by atoms with E-state index in [0.29, 0.717) is 0 Å². The van der Waals surface area contributed by atoms with Crippen molar-refractivity contribution in [2.24, 2.45) is 10.9 Å². The van der Waals surface area contributed by atoms with E-state index in [1.807, 2.05) is 41.3 Å². The topological polar surface area (TPSA) is 90.5 Å². The Hall–Kier alpha value is -1.24. The summed E-state index contributed by atoms with van der Waals surface area (Å²) in [6.45, 7) is 32.8. The first-order chi connectivity index (χ1) is 29.8. The minimum absolute atomic E-state index is 0.289. The lowest BCUT2D eigenvalue weighted by atomic mass is 10.1. The zero-order valence-electron chi connectivity index (χ0n) is 45.3. The van der Waals surface area contributed by atoms with E-state index in [4.69, 9.17) is 0 Å². The standard InChI is InChI=1S/3C6H13N.C6H14.C5H7N.C5H13N.C5H10O.2C4H9N.C3H9N.C2H7N/c3*1-7-5-3-2-4-6-7;1-3-5-6-4-2;1-5-2-3-6-4-5;1-3-4-5-6-2;1-3-4-5(2)6;1-4-2-5-3-4;1-5-3-2-4-5;1-3-4-2;1-3-2/h3*2-6H2,1H3;3-6H2,1-2H3;2,4H,3H2,1H3;6H,3-5H2,1-2H3;3-4H2,1-2H3;4-5H,2-3H2,1H3;2-4H2,1H3;4H,3H2,1-2H3;3H,1-2H3. The number of allylic oxidation sites excluding steroid dienone is 1. The van der Waals surface area contributed by atoms with Gasteiger partial charge in [0.05, 0.1) is 6.54 Å². The monoisotopic (exact) mass is 884 g/mol. The molecular weight excluding hydrogens is 767 g/mol. The smallest absolute Gasteiger partial charge is 0.129 e. The molecule has 6 heterocycles. The third-order valence-corrected chi connectivity index (χ3v) is 10.3. The summed E-state index contributed by atoms with van der Waals surface area (Å²) in [6.07, 6.45) is 28.1. The van der Waals surface area contributed by atoms with Crippen molar-refractivity contribution in [2.45, 2.75) is 171 Å². The van der Waals surface area contributed by atoms with Crippen LogP contribution in [0.2, 0.25) is 0 Å². The second-order valence-electron chi connectivity index (χ2n) is 17.8. The Kier molecular flexibility index (Phi) is 69.6. The lowest BCUT2D eigenvalue weighted by Crippen LogP contribution is -2.39. The summed E-state index contributed by atoms with van der Waals surface area (Å²) in [5, 5.41) is 11.9. The molecule has 62 heavy (non-hydrogen) atoms. The molecule has 0 aromatic heterocycles. The highest BCUT2D eigenvalue weighted by atomic mass is 16.1. The van der Waals surface area contributed by atoms with Gasteiger partial charge in [0.25, 0.3) is 0 Å². The van der Waals surface area contributed by atoms with E-state index >= 15 is 0 Å². The molecule has 0 atom stereocenters. The Morgan fingerprint density at radius 1 is 0.613 bits per heavy atom. The molecule has 376 valence electrons. The van der Waals surface area contributed by atoms with Gasteiger partial charge in [0, 0.05) is 12.6 Å². The van der Waals surface area contributed by atoms with Crippen LogP contribution in [0.3, 0.4) is 0 Å². The van der Waals surface area contributed by atoms with Gasteiger partial charge in [-0.25, -0.2) is 0 Å². The molecule has 6 rings (SSSR count). The molecule has 4 N–H and O–H groups in total. The lowest BCUT2D eigenvalue weighted by molar-refractivity contribution is -0.117. The number of nitrogens with zero attached hydrogens (tertiary/aromatic N) is 5. The first-order valence-electron chi connectivity index (χ1n) is 25.8. The van der Waals surface area contributed by atoms with Crippen LogP contribution in [0.25, 0.3) is 0 Å². The number of carbonyl (C=O) groups excluding carboxylic acids is 1. The fraction of sp³-hybridized carbons (Fsp3) is 0.923. The normalized spacial score (nSPS) is 17.8. The highest BCUT2D eigenvalue weighted by molar-refractivity contribution is 5.79. The highest BCUT2D eigenvalue weighted by Crippen LogP contribution is 2.06. The number of rotatable bonds is 9. The maximum atomic E-state index is 10.0. The van der Waals surface area contributed by atoms with Crippen LogP contribution in [0.5, 0.6) is 0 Å². The molecule has 0 saturated carbocycles. The Bertz CT molecular complexity index is 776. The molecule has 0 amide bonds. The number of Topliss-reactive ketones (excluding diaryl/α,β-unsaturated/α-hetero) is 1. The van der Waals surface area contributed by atoms with Crippen LogP contribution in [-0.2, 0) is 4.79 Å². The Morgan fingerprint density at radius 2 is 0.952 bits per heavy atom. The van der Waals surface area contributed by atoms with E-state index in [-0.39, 0.29) is 5.78 Å². The molecule has 0 aliphatic carbocycles. The second-order valence-corrected chi connectivity index (χ2v) is 17.8. The highest BCUT2D eigenvalue weighted by Gasteiger charge is 2.08. The summed E-state index contributed by atoms with van der Waals surface area (Å²) in [5.74, 6) is 1.24. The number of nitrogens with one attached hydrogen (secondary N) is 4. The molecule has 0 radical (unpaired) electrons. The number of piperidine rings is 3. The molecule has 0 aromatic carbocycles. The van der Waals surface area contributed by atoms with Gasteiger partial charge < -0.3 is 45.7 Å². The van der Waals surface area contributed by atoms with Gasteiger partial charge in [0.15, 0.2) is 0 Å². The molecule has 6 aliphatic rings. The summed E-state index contributed by atoms with van der Waals surface area (Å²) < 4.78 is 0. The number of unbranched alkanes of at least 4 members (excludes halogenated alkanes) is 4. The zero-order chi connectivity index (χ0) is 47.9. The molecule has 5 fully saturated rings. The Balaban J connectivity index is -0.000000193. The Labute approximate surface area is 391 Å². The second kappa shape index (κ2) is 61.8. The fourth-order valence-electron chi connectivity index (χ4n) is 5.72. The lowest BCUT2D eigenvalue weighted by Gasteiger charge is -2.24. The predicted octanol–water partition coefficient (Wildman–Crippen LogP) is 9.90. The summed E-state index contributed by atoms with van der Waals surface area (Å²) in [5.41, 5.74) is 1.29. The van der Waals surface area contributed by atoms with Gasteiger partial charge in [-0.05, 0) is 218 Å². The largest absolute Gasteiger partial charge is 0.323 e. The van der Waals surface area contributed by atoms with Crippen LogP contribution in [0.15, 0.2) is 16.6 Å². The van der Waals surface area contributed by atoms with Crippen LogP contribution in [-0.4, -0.2) is 173 Å². The minimum Gasteiger partial charge on any atom is -0.323 e. The Morgan fingerprint density at radius 3 is 1.03 bits per heavy atom. The van der Waals surface area contributed by atoms with Crippen LogP contribution >= 0.6 is 0 Å². The number of ketones is 1. The SMILES string of the molecule is CC1=CCN=C1.CC1CNC1.CCCC(C)=O.CCCCCC.CCCCNC.CCNC.CN1CCC1.CN1CCCCC1.CN1CCCCC1.CN1CCCCC1.CNC. The number of carbonyl (C=O) groups is 1. The van der Waals surface area contributed by atoms with E-state index in [1.165, 1.54) is 174 Å². The quantitative estimate of drug-likeness (QED) is 0.169. The van der Waals surface area contributed by atoms with Crippen LogP contribution in [0.4, 0.5) is 0 Å². The third-order valence-electron chi connectivity index (χ3n) is 10.3. The summed E-state index contributed by atoms with van der Waals surface area (Å²) in [6, 6.07) is 0. The zero-order valence-corrected chi connectivity index (χ0v) is 45.3. The van der Waals surface area contributed by atoms with E-state index < -0.39 is 0 Å². The number of hydrogen-bond acceptors (Lipinski definition) is 10. The van der Waals surface area contributed by atoms with Crippen LogP contribution < -0.4 is 21.3 Å². The first kappa shape index (κ1) is 69.8. The number of aliphatic imine (C=N–C) groups is 1. The van der Waals surface area contributed by atoms with Crippen LogP contribution in [0, 0.1) is 5.92 Å². The summed E-state index contributed by atoms with van der Waals surface area (Å²) >= 11 is 0. The van der Waals surface area contributed by atoms with Gasteiger partial charge in [0.1, 0.15) is 5.78 Å². The first-order valence-corrected chi connectivity index (χ1v) is 25.8. The molecule has 0 spiro atoms. The maximum Gasteiger partial charge on any atom is 0.129 e. The van der Waals surface area contributed by atoms with Crippen molar-refractivity contribution in [1.29, 1.82) is 0 Å². The van der Waals surface area contributed by atoms with Gasteiger partial charge >= 0.3 is 0 Å². The molecule has 10 nitrogen and oxygen atoms in total. The van der Waals surface area contributed by atoms with Crippen molar-refractivity contribution >= 4 is 12.0 Å². The van der Waals surface area contributed by atoms with E-state index in [9.17, 15) is 4.79 Å². The van der Waals surface area contributed by atoms with Crippen molar-refractivity contribution in [3.8, 4) is 0 Å². The number of hydrogen-bond donors (Lipinski definition) is 4. The summed E-state index contributed by atoms with van der Waals surface area (Å²) in [4.78, 5) is 23.5. The van der Waals surface area contributed by atoms with Gasteiger partial charge in [-0.15, -0.1) is 0 Å². The molecule has 0 unspecified atom stereocenters. The van der Waals surface area contributed by atoms with E-state index in [0.717, 1.165) is 38.4 Å². The summed E-state index contributed by atoms with van der Waals surface area (Å²) in [7, 11) is 16.4. The van der Waals surface area contributed by atoms with Crippen molar-refractivity contribution in [1.82, 2.24) is 40.9 Å². The predicted molar refractivity (Wildman–Crippen MR) is 284 cm³/mol. The van der Waals surface area contributed by atoms with Gasteiger partial charge in [-0.3, -0.25) is 4.99 Å². The van der Waals surface area contributed by atoms with Crippen molar-refractivity contribution in [3.05, 3.63) is 11.6 Å². The van der Waals surface area contributed by atoms with E-state index in [1.54, 1.807) is 6.92 Å². The molecular formula is C52H117N9O. The average molecular weight is 885 g/mol. The van der Waals surface area contributed by atoms with Gasteiger partial charge in [-0.2, -0.15) is 0 Å². The van der Waals surface area contributed by atoms with Crippen molar-refractivity contribution in [3.63, 3.8) is 0 Å². The average Bonchev–Trinajstić information content (AvgIpc) is 3.74. The van der Waals surface area contributed by atoms with Gasteiger partial charge in [-0.1, -0.05) is 99.0 Å². The molecule has 0 bridgehead atoms. The molecule has 6 aliphatic heterocycles. The molecule has 10 heteroatoms. The van der Waals surface area contributed by atoms with Crippen LogP contribution in [0.1, 0.15) is 171 Å². The third kappa shape index (κ3) is 73.2. The van der Waals surface area contributed by atoms with Crippen molar-refractivity contribution in [2.75, 3.05) is 141 Å².